The monoisotopic (exact) mass is 293 g/mol. The molecule has 5 nitrogen and oxygen atoms in total. The third kappa shape index (κ3) is 5.63. The van der Waals surface area contributed by atoms with Crippen molar-refractivity contribution in [1.29, 1.82) is 0 Å². The first-order valence-corrected chi connectivity index (χ1v) is 7.20. The van der Waals surface area contributed by atoms with Crippen molar-refractivity contribution in [2.75, 3.05) is 39.5 Å². The molecule has 5 heteroatoms. The number of hydrogen-bond donors (Lipinski definition) is 2. The Hall–Kier alpha value is -1.75. The molecule has 0 bridgehead atoms. The Bertz CT molecular complexity index is 484. The van der Waals surface area contributed by atoms with Crippen molar-refractivity contribution >= 4 is 11.6 Å². The molecule has 3 N–H and O–H groups in total. The van der Waals surface area contributed by atoms with E-state index in [9.17, 15) is 4.79 Å². The number of carbonyl (C=O) groups is 1. The number of nitrogens with two attached hydrogens (primary N) is 1. The number of ether oxygens (including phenoxy) is 1. The molecule has 0 saturated heterocycles. The topological polar surface area (TPSA) is 67.6 Å². The van der Waals surface area contributed by atoms with Crippen molar-refractivity contribution < 1.29 is 9.53 Å². The van der Waals surface area contributed by atoms with Crippen LogP contribution in [0.3, 0.4) is 0 Å². The summed E-state index contributed by atoms with van der Waals surface area (Å²) in [5.41, 5.74) is 6.93. The summed E-state index contributed by atoms with van der Waals surface area (Å²) in [5.74, 6) is 0.499. The van der Waals surface area contributed by atoms with Gasteiger partial charge >= 0.3 is 0 Å². The van der Waals surface area contributed by atoms with Crippen LogP contribution < -0.4 is 15.8 Å². The van der Waals surface area contributed by atoms with Crippen LogP contribution in [0.5, 0.6) is 5.75 Å². The summed E-state index contributed by atoms with van der Waals surface area (Å²) in [6, 6.07) is 5.12. The van der Waals surface area contributed by atoms with Crippen molar-refractivity contribution in [3.05, 3.63) is 23.8 Å². The molecule has 0 aliphatic carbocycles. The Labute approximate surface area is 127 Å². The molecule has 1 aromatic rings. The van der Waals surface area contributed by atoms with Crippen molar-refractivity contribution in [1.82, 2.24) is 10.2 Å². The molecule has 0 spiro atoms. The fraction of sp³-hybridized carbons (Fsp3) is 0.562. The van der Waals surface area contributed by atoms with Crippen LogP contribution in [0.2, 0.25) is 0 Å². The maximum absolute atomic E-state index is 12.2. The fourth-order valence-corrected chi connectivity index (χ4v) is 2.31. The SMILES string of the molecule is CCOc1ccc(C(=O)NCC(C)(C)CN(C)C)cc1N. The van der Waals surface area contributed by atoms with Crippen LogP contribution in [0.1, 0.15) is 31.1 Å². The summed E-state index contributed by atoms with van der Waals surface area (Å²) in [4.78, 5) is 14.3. The summed E-state index contributed by atoms with van der Waals surface area (Å²) in [7, 11) is 4.05. The van der Waals surface area contributed by atoms with E-state index in [1.807, 2.05) is 21.0 Å². The number of hydrogen-bond acceptors (Lipinski definition) is 4. The lowest BCUT2D eigenvalue weighted by Gasteiger charge is -2.28. The molecule has 0 atom stereocenters. The van der Waals surface area contributed by atoms with Gasteiger partial charge in [0.2, 0.25) is 0 Å². The molecular weight excluding hydrogens is 266 g/mol. The molecule has 0 saturated carbocycles. The Morgan fingerprint density at radius 3 is 2.57 bits per heavy atom. The van der Waals surface area contributed by atoms with Gasteiger partial charge in [-0.1, -0.05) is 13.8 Å². The standard InChI is InChI=1S/C16H27N3O2/c1-6-21-14-8-7-12(9-13(14)17)15(20)18-10-16(2,3)11-19(4)5/h7-9H,6,10-11,17H2,1-5H3,(H,18,20). The van der Waals surface area contributed by atoms with Gasteiger partial charge in [0, 0.05) is 18.7 Å². The number of nitrogens with zero attached hydrogens (tertiary/aromatic N) is 1. The van der Waals surface area contributed by atoms with E-state index in [1.165, 1.54) is 0 Å². The van der Waals surface area contributed by atoms with Crippen LogP contribution in [0.4, 0.5) is 5.69 Å². The average molecular weight is 293 g/mol. The molecule has 0 aliphatic rings. The summed E-state index contributed by atoms with van der Waals surface area (Å²) in [6.07, 6.45) is 0. The van der Waals surface area contributed by atoms with Crippen LogP contribution in [0.25, 0.3) is 0 Å². The Balaban J connectivity index is 2.66. The molecule has 0 radical (unpaired) electrons. The summed E-state index contributed by atoms with van der Waals surface area (Å²) in [5, 5.41) is 2.96. The zero-order valence-electron chi connectivity index (χ0n) is 13.7. The van der Waals surface area contributed by atoms with E-state index in [2.05, 4.69) is 24.1 Å². The third-order valence-electron chi connectivity index (χ3n) is 3.04. The maximum Gasteiger partial charge on any atom is 0.251 e. The second-order valence-corrected chi connectivity index (χ2v) is 6.27. The minimum absolute atomic E-state index is 0.00989. The van der Waals surface area contributed by atoms with Gasteiger partial charge in [0.15, 0.2) is 0 Å². The molecule has 0 aromatic heterocycles. The highest BCUT2D eigenvalue weighted by Gasteiger charge is 2.20. The van der Waals surface area contributed by atoms with E-state index in [0.29, 0.717) is 30.2 Å². The number of nitrogens with one attached hydrogen (secondary N) is 1. The Morgan fingerprint density at radius 1 is 1.38 bits per heavy atom. The molecule has 1 aromatic carbocycles. The molecule has 1 amide bonds. The minimum Gasteiger partial charge on any atom is -0.492 e. The lowest BCUT2D eigenvalue weighted by molar-refractivity contribution is 0.0929. The van der Waals surface area contributed by atoms with Gasteiger partial charge in [0.25, 0.3) is 5.91 Å². The van der Waals surface area contributed by atoms with E-state index >= 15 is 0 Å². The van der Waals surface area contributed by atoms with Crippen LogP contribution >= 0.6 is 0 Å². The molecule has 118 valence electrons. The second kappa shape index (κ2) is 7.31. The van der Waals surface area contributed by atoms with Crippen molar-refractivity contribution in [3.63, 3.8) is 0 Å². The van der Waals surface area contributed by atoms with Gasteiger partial charge in [-0.2, -0.15) is 0 Å². The van der Waals surface area contributed by atoms with Gasteiger partial charge in [-0.15, -0.1) is 0 Å². The Kier molecular flexibility index (Phi) is 6.03. The molecule has 0 fully saturated rings. The first-order valence-electron chi connectivity index (χ1n) is 7.20. The summed E-state index contributed by atoms with van der Waals surface area (Å²) >= 11 is 0. The fourth-order valence-electron chi connectivity index (χ4n) is 2.31. The average Bonchev–Trinajstić information content (AvgIpc) is 2.37. The van der Waals surface area contributed by atoms with Gasteiger partial charge in [0.05, 0.1) is 12.3 Å². The van der Waals surface area contributed by atoms with Gasteiger partial charge in [-0.25, -0.2) is 0 Å². The number of anilines is 1. The summed E-state index contributed by atoms with van der Waals surface area (Å²) in [6.45, 7) is 8.21. The van der Waals surface area contributed by atoms with Crippen molar-refractivity contribution in [2.24, 2.45) is 5.41 Å². The third-order valence-corrected chi connectivity index (χ3v) is 3.04. The normalized spacial score (nSPS) is 11.5. The van der Waals surface area contributed by atoms with E-state index in [1.54, 1.807) is 18.2 Å². The van der Waals surface area contributed by atoms with E-state index in [0.717, 1.165) is 6.54 Å². The van der Waals surface area contributed by atoms with Crippen LogP contribution in [-0.4, -0.2) is 44.6 Å². The smallest absolute Gasteiger partial charge is 0.251 e. The van der Waals surface area contributed by atoms with Crippen molar-refractivity contribution in [2.45, 2.75) is 20.8 Å². The number of rotatable bonds is 7. The number of benzene rings is 1. The van der Waals surface area contributed by atoms with Gasteiger partial charge in [-0.05, 0) is 44.6 Å². The predicted octanol–water partition coefficient (Wildman–Crippen LogP) is 1.99. The molecule has 21 heavy (non-hydrogen) atoms. The van der Waals surface area contributed by atoms with Crippen LogP contribution in [0.15, 0.2) is 18.2 Å². The first kappa shape index (κ1) is 17.3. The highest BCUT2D eigenvalue weighted by Crippen LogP contribution is 2.22. The molecule has 0 aliphatic heterocycles. The quantitative estimate of drug-likeness (QED) is 0.754. The maximum atomic E-state index is 12.2. The minimum atomic E-state index is -0.114. The van der Waals surface area contributed by atoms with Gasteiger partial charge in [-0.3, -0.25) is 4.79 Å². The zero-order valence-corrected chi connectivity index (χ0v) is 13.7. The van der Waals surface area contributed by atoms with E-state index < -0.39 is 0 Å². The molecular formula is C16H27N3O2. The number of amides is 1. The highest BCUT2D eigenvalue weighted by atomic mass is 16.5. The Morgan fingerprint density at radius 2 is 2.05 bits per heavy atom. The molecule has 0 unspecified atom stereocenters. The first-order chi connectivity index (χ1) is 9.75. The lowest BCUT2D eigenvalue weighted by Crippen LogP contribution is -2.39. The van der Waals surface area contributed by atoms with E-state index in [4.69, 9.17) is 10.5 Å². The second-order valence-electron chi connectivity index (χ2n) is 6.27. The van der Waals surface area contributed by atoms with Gasteiger partial charge < -0.3 is 20.7 Å². The van der Waals surface area contributed by atoms with Gasteiger partial charge in [0.1, 0.15) is 5.75 Å². The predicted molar refractivity (Wildman–Crippen MR) is 86.7 cm³/mol. The number of nitrogen functional groups attached to an aromatic ring is 1. The van der Waals surface area contributed by atoms with E-state index in [-0.39, 0.29) is 11.3 Å². The zero-order chi connectivity index (χ0) is 16.0. The largest absolute Gasteiger partial charge is 0.492 e. The lowest BCUT2D eigenvalue weighted by atomic mass is 9.93. The molecule has 1 rings (SSSR count). The summed E-state index contributed by atoms with van der Waals surface area (Å²) < 4.78 is 5.37. The highest BCUT2D eigenvalue weighted by molar-refractivity contribution is 5.95. The van der Waals surface area contributed by atoms with Crippen molar-refractivity contribution in [3.8, 4) is 5.75 Å². The molecule has 0 heterocycles. The van der Waals surface area contributed by atoms with Crippen LogP contribution in [0, 0.1) is 5.41 Å². The van der Waals surface area contributed by atoms with Crippen LogP contribution in [-0.2, 0) is 0 Å². The number of carbonyl (C=O) groups excluding carboxylic acids is 1.